The van der Waals surface area contributed by atoms with Crippen molar-refractivity contribution in [1.82, 2.24) is 4.98 Å². The van der Waals surface area contributed by atoms with Crippen molar-refractivity contribution in [3.8, 4) is 0 Å². The number of rotatable bonds is 4. The van der Waals surface area contributed by atoms with E-state index in [2.05, 4.69) is 15.2 Å². The Morgan fingerprint density at radius 1 is 1.19 bits per heavy atom. The van der Waals surface area contributed by atoms with Crippen LogP contribution < -0.4 is 10.2 Å². The SMILES string of the molecule is Fc1cccc(CNc2ccc(N3CCOCC3)nc2)c1. The van der Waals surface area contributed by atoms with E-state index < -0.39 is 0 Å². The van der Waals surface area contributed by atoms with Crippen LogP contribution in [0.4, 0.5) is 15.9 Å². The maximum absolute atomic E-state index is 13.1. The molecule has 5 heteroatoms. The Bertz CT molecular complexity index is 582. The van der Waals surface area contributed by atoms with E-state index in [0.29, 0.717) is 6.54 Å². The molecule has 0 amide bonds. The summed E-state index contributed by atoms with van der Waals surface area (Å²) in [5.74, 6) is 0.754. The maximum atomic E-state index is 13.1. The Morgan fingerprint density at radius 2 is 2.05 bits per heavy atom. The fraction of sp³-hybridized carbons (Fsp3) is 0.312. The third kappa shape index (κ3) is 3.70. The summed E-state index contributed by atoms with van der Waals surface area (Å²) in [6.45, 7) is 3.84. The number of pyridine rings is 1. The molecular weight excluding hydrogens is 269 g/mol. The summed E-state index contributed by atoms with van der Waals surface area (Å²) in [7, 11) is 0. The minimum Gasteiger partial charge on any atom is -0.380 e. The van der Waals surface area contributed by atoms with Crippen LogP contribution in [0.2, 0.25) is 0 Å². The Labute approximate surface area is 123 Å². The first-order chi connectivity index (χ1) is 10.3. The number of halogens is 1. The van der Waals surface area contributed by atoms with Crippen molar-refractivity contribution in [2.24, 2.45) is 0 Å². The average molecular weight is 287 g/mol. The second-order valence-corrected chi connectivity index (χ2v) is 4.99. The van der Waals surface area contributed by atoms with Crippen LogP contribution in [0, 0.1) is 5.82 Å². The fourth-order valence-electron chi connectivity index (χ4n) is 2.32. The smallest absolute Gasteiger partial charge is 0.128 e. The zero-order chi connectivity index (χ0) is 14.5. The van der Waals surface area contributed by atoms with E-state index in [9.17, 15) is 4.39 Å². The topological polar surface area (TPSA) is 37.4 Å². The van der Waals surface area contributed by atoms with Crippen LogP contribution in [-0.2, 0) is 11.3 Å². The Balaban J connectivity index is 1.59. The van der Waals surface area contributed by atoms with E-state index in [4.69, 9.17) is 4.74 Å². The molecule has 0 atom stereocenters. The Morgan fingerprint density at radius 3 is 2.76 bits per heavy atom. The molecule has 21 heavy (non-hydrogen) atoms. The minimum atomic E-state index is -0.213. The zero-order valence-electron chi connectivity index (χ0n) is 11.8. The molecule has 1 saturated heterocycles. The molecule has 2 aromatic rings. The van der Waals surface area contributed by atoms with Gasteiger partial charge in [-0.2, -0.15) is 0 Å². The molecule has 1 N–H and O–H groups in total. The van der Waals surface area contributed by atoms with Crippen molar-refractivity contribution in [1.29, 1.82) is 0 Å². The highest BCUT2D eigenvalue weighted by Gasteiger charge is 2.11. The first-order valence-corrected chi connectivity index (χ1v) is 7.08. The molecule has 0 saturated carbocycles. The van der Waals surface area contributed by atoms with Crippen molar-refractivity contribution in [3.05, 3.63) is 54.0 Å². The van der Waals surface area contributed by atoms with Crippen LogP contribution in [0.3, 0.4) is 0 Å². The molecule has 4 nitrogen and oxygen atoms in total. The van der Waals surface area contributed by atoms with Gasteiger partial charge in [-0.3, -0.25) is 0 Å². The molecule has 0 spiro atoms. The van der Waals surface area contributed by atoms with Gasteiger partial charge in [0.2, 0.25) is 0 Å². The molecule has 0 bridgehead atoms. The maximum Gasteiger partial charge on any atom is 0.128 e. The lowest BCUT2D eigenvalue weighted by Gasteiger charge is -2.27. The number of hydrogen-bond acceptors (Lipinski definition) is 4. The number of morpholine rings is 1. The van der Waals surface area contributed by atoms with Crippen LogP contribution in [0.25, 0.3) is 0 Å². The highest BCUT2D eigenvalue weighted by atomic mass is 19.1. The van der Waals surface area contributed by atoms with Crippen molar-refractivity contribution >= 4 is 11.5 Å². The molecular formula is C16H18FN3O. The molecule has 0 aliphatic carbocycles. The molecule has 3 rings (SSSR count). The highest BCUT2D eigenvalue weighted by molar-refractivity contribution is 5.49. The van der Waals surface area contributed by atoms with Gasteiger partial charge in [-0.05, 0) is 29.8 Å². The van der Waals surface area contributed by atoms with E-state index >= 15 is 0 Å². The summed E-state index contributed by atoms with van der Waals surface area (Å²) in [4.78, 5) is 6.67. The first kappa shape index (κ1) is 13.8. The van der Waals surface area contributed by atoms with Crippen molar-refractivity contribution in [2.45, 2.75) is 6.54 Å². The molecule has 0 unspecified atom stereocenters. The quantitative estimate of drug-likeness (QED) is 0.938. The molecule has 1 aliphatic rings. The van der Waals surface area contributed by atoms with Crippen molar-refractivity contribution < 1.29 is 9.13 Å². The number of nitrogens with zero attached hydrogens (tertiary/aromatic N) is 2. The summed E-state index contributed by atoms with van der Waals surface area (Å²) < 4.78 is 18.4. The van der Waals surface area contributed by atoms with Gasteiger partial charge in [0, 0.05) is 19.6 Å². The molecule has 1 fully saturated rings. The summed E-state index contributed by atoms with van der Waals surface area (Å²) in [6, 6.07) is 10.6. The lowest BCUT2D eigenvalue weighted by Crippen LogP contribution is -2.36. The Kier molecular flexibility index (Phi) is 4.31. The van der Waals surface area contributed by atoms with Crippen LogP contribution in [0.5, 0.6) is 0 Å². The van der Waals surface area contributed by atoms with E-state index in [0.717, 1.165) is 43.4 Å². The van der Waals surface area contributed by atoms with Gasteiger partial charge in [-0.25, -0.2) is 9.37 Å². The normalized spacial score (nSPS) is 15.0. The van der Waals surface area contributed by atoms with Gasteiger partial charge < -0.3 is 15.0 Å². The van der Waals surface area contributed by atoms with Crippen LogP contribution in [0.15, 0.2) is 42.6 Å². The standard InChI is InChI=1S/C16H18FN3O/c17-14-3-1-2-13(10-14)11-18-15-4-5-16(19-12-15)20-6-8-21-9-7-20/h1-5,10,12,18H,6-9,11H2. The Hall–Kier alpha value is -2.14. The molecule has 2 heterocycles. The molecule has 110 valence electrons. The van der Waals surface area contributed by atoms with Gasteiger partial charge in [0.1, 0.15) is 11.6 Å². The summed E-state index contributed by atoms with van der Waals surface area (Å²) >= 11 is 0. The lowest BCUT2D eigenvalue weighted by molar-refractivity contribution is 0.122. The number of aromatic nitrogens is 1. The lowest BCUT2D eigenvalue weighted by atomic mass is 10.2. The molecule has 1 aromatic carbocycles. The van der Waals surface area contributed by atoms with Crippen LogP contribution >= 0.6 is 0 Å². The highest BCUT2D eigenvalue weighted by Crippen LogP contribution is 2.16. The molecule has 1 aromatic heterocycles. The van der Waals surface area contributed by atoms with Crippen LogP contribution in [0.1, 0.15) is 5.56 Å². The van der Waals surface area contributed by atoms with Gasteiger partial charge in [0.15, 0.2) is 0 Å². The van der Waals surface area contributed by atoms with Gasteiger partial charge in [0.05, 0.1) is 25.1 Å². The predicted octanol–water partition coefficient (Wildman–Crippen LogP) is 2.67. The summed E-state index contributed by atoms with van der Waals surface area (Å²) in [6.07, 6.45) is 1.81. The van der Waals surface area contributed by atoms with E-state index in [-0.39, 0.29) is 5.82 Å². The third-order valence-electron chi connectivity index (χ3n) is 3.47. The van der Waals surface area contributed by atoms with E-state index in [1.54, 1.807) is 6.07 Å². The van der Waals surface area contributed by atoms with Gasteiger partial charge in [-0.1, -0.05) is 12.1 Å². The number of anilines is 2. The van der Waals surface area contributed by atoms with Crippen molar-refractivity contribution in [3.63, 3.8) is 0 Å². The van der Waals surface area contributed by atoms with E-state index in [1.165, 1.54) is 12.1 Å². The second kappa shape index (κ2) is 6.54. The van der Waals surface area contributed by atoms with E-state index in [1.807, 2.05) is 24.4 Å². The monoisotopic (exact) mass is 287 g/mol. The number of hydrogen-bond donors (Lipinski definition) is 1. The second-order valence-electron chi connectivity index (χ2n) is 4.99. The fourth-order valence-corrected chi connectivity index (χ4v) is 2.32. The van der Waals surface area contributed by atoms with Crippen molar-refractivity contribution in [2.75, 3.05) is 36.5 Å². The third-order valence-corrected chi connectivity index (χ3v) is 3.47. The predicted molar refractivity (Wildman–Crippen MR) is 81.0 cm³/mol. The number of benzene rings is 1. The van der Waals surface area contributed by atoms with Gasteiger partial charge >= 0.3 is 0 Å². The number of nitrogens with one attached hydrogen (secondary N) is 1. The molecule has 0 radical (unpaired) electrons. The minimum absolute atomic E-state index is 0.213. The average Bonchev–Trinajstić information content (AvgIpc) is 2.54. The summed E-state index contributed by atoms with van der Waals surface area (Å²) in [5, 5.41) is 3.25. The van der Waals surface area contributed by atoms with Crippen LogP contribution in [-0.4, -0.2) is 31.3 Å². The largest absolute Gasteiger partial charge is 0.380 e. The van der Waals surface area contributed by atoms with Gasteiger partial charge in [-0.15, -0.1) is 0 Å². The van der Waals surface area contributed by atoms with Gasteiger partial charge in [0.25, 0.3) is 0 Å². The summed E-state index contributed by atoms with van der Waals surface area (Å²) in [5.41, 5.74) is 1.84. The number of ether oxygens (including phenoxy) is 1. The first-order valence-electron chi connectivity index (χ1n) is 7.08. The molecule has 1 aliphatic heterocycles. The zero-order valence-corrected chi connectivity index (χ0v) is 11.8.